The van der Waals surface area contributed by atoms with E-state index in [2.05, 4.69) is 15.3 Å². The lowest BCUT2D eigenvalue weighted by molar-refractivity contribution is -0.133. The molecule has 0 bridgehead atoms. The molecule has 156 valence electrons. The number of anilines is 1. The van der Waals surface area contributed by atoms with Gasteiger partial charge in [0.1, 0.15) is 6.04 Å². The van der Waals surface area contributed by atoms with Crippen LogP contribution in [0.5, 0.6) is 0 Å². The van der Waals surface area contributed by atoms with Crippen molar-refractivity contribution in [2.75, 3.05) is 43.5 Å². The Bertz CT molecular complexity index is 814. The second-order valence-electron chi connectivity index (χ2n) is 7.05. The predicted molar refractivity (Wildman–Crippen MR) is 113 cm³/mol. The quantitative estimate of drug-likeness (QED) is 0.738. The highest BCUT2D eigenvalue weighted by Crippen LogP contribution is 2.14. The SMILES string of the molecule is CSCC[C@@H](Nc1nc(C)cc(C)n1)C(=O)N1CCN(C(=O)c2ccco2)CC1. The minimum Gasteiger partial charge on any atom is -0.459 e. The molecule has 0 spiro atoms. The van der Waals surface area contributed by atoms with Crippen LogP contribution in [0.4, 0.5) is 5.95 Å². The molecule has 0 saturated carbocycles. The maximum absolute atomic E-state index is 13.2. The molecule has 2 aromatic heterocycles. The molecule has 0 aromatic carbocycles. The molecule has 0 unspecified atom stereocenters. The smallest absolute Gasteiger partial charge is 0.289 e. The molecule has 1 saturated heterocycles. The van der Waals surface area contributed by atoms with Crippen LogP contribution in [0.25, 0.3) is 0 Å². The van der Waals surface area contributed by atoms with Crippen LogP contribution < -0.4 is 5.32 Å². The molecule has 29 heavy (non-hydrogen) atoms. The van der Waals surface area contributed by atoms with Gasteiger partial charge in [-0.3, -0.25) is 9.59 Å². The fourth-order valence-corrected chi connectivity index (χ4v) is 3.82. The number of carbonyl (C=O) groups is 2. The summed E-state index contributed by atoms with van der Waals surface area (Å²) in [5.41, 5.74) is 1.72. The molecule has 1 N–H and O–H groups in total. The lowest BCUT2D eigenvalue weighted by Gasteiger charge is -2.36. The first-order valence-electron chi connectivity index (χ1n) is 9.67. The highest BCUT2D eigenvalue weighted by atomic mass is 32.2. The van der Waals surface area contributed by atoms with Gasteiger partial charge in [0.25, 0.3) is 5.91 Å². The van der Waals surface area contributed by atoms with Crippen LogP contribution in [-0.4, -0.2) is 75.8 Å². The summed E-state index contributed by atoms with van der Waals surface area (Å²) >= 11 is 1.70. The molecular weight excluding hydrogens is 390 g/mol. The summed E-state index contributed by atoms with van der Waals surface area (Å²) < 4.78 is 5.19. The minimum absolute atomic E-state index is 0.0203. The summed E-state index contributed by atoms with van der Waals surface area (Å²) in [5.74, 6) is 1.55. The van der Waals surface area contributed by atoms with Crippen molar-refractivity contribution in [2.45, 2.75) is 26.3 Å². The maximum atomic E-state index is 13.2. The lowest BCUT2D eigenvalue weighted by atomic mass is 10.1. The number of hydrogen-bond donors (Lipinski definition) is 1. The molecule has 2 amide bonds. The molecule has 1 aliphatic heterocycles. The van der Waals surface area contributed by atoms with Gasteiger partial charge in [-0.25, -0.2) is 9.97 Å². The molecular formula is C20H27N5O3S. The zero-order chi connectivity index (χ0) is 20.8. The largest absolute Gasteiger partial charge is 0.459 e. The minimum atomic E-state index is -0.393. The van der Waals surface area contributed by atoms with Crippen LogP contribution in [0, 0.1) is 13.8 Å². The van der Waals surface area contributed by atoms with Gasteiger partial charge in [-0.1, -0.05) is 0 Å². The molecule has 2 aromatic rings. The van der Waals surface area contributed by atoms with Crippen molar-refractivity contribution in [3.8, 4) is 0 Å². The molecule has 9 heteroatoms. The van der Waals surface area contributed by atoms with Gasteiger partial charge < -0.3 is 19.5 Å². The summed E-state index contributed by atoms with van der Waals surface area (Å²) in [4.78, 5) is 37.9. The molecule has 1 aliphatic rings. The Kier molecular flexibility index (Phi) is 7.13. The van der Waals surface area contributed by atoms with Gasteiger partial charge in [0.2, 0.25) is 11.9 Å². The summed E-state index contributed by atoms with van der Waals surface area (Å²) in [6, 6.07) is 4.87. The van der Waals surface area contributed by atoms with Crippen molar-refractivity contribution in [3.63, 3.8) is 0 Å². The number of amides is 2. The molecule has 3 rings (SSSR count). The van der Waals surface area contributed by atoms with Crippen molar-refractivity contribution in [3.05, 3.63) is 41.6 Å². The summed E-state index contributed by atoms with van der Waals surface area (Å²) in [5, 5.41) is 3.23. The number of piperazine rings is 1. The van der Waals surface area contributed by atoms with E-state index in [9.17, 15) is 9.59 Å². The fraction of sp³-hybridized carbons (Fsp3) is 0.500. The van der Waals surface area contributed by atoms with Crippen LogP contribution in [0.1, 0.15) is 28.4 Å². The molecule has 3 heterocycles. The van der Waals surface area contributed by atoms with Crippen molar-refractivity contribution < 1.29 is 14.0 Å². The number of nitrogens with zero attached hydrogens (tertiary/aromatic N) is 4. The molecule has 0 radical (unpaired) electrons. The van der Waals surface area contributed by atoms with Gasteiger partial charge in [-0.05, 0) is 50.5 Å². The topological polar surface area (TPSA) is 91.6 Å². The predicted octanol–water partition coefficient (Wildman–Crippen LogP) is 2.20. The van der Waals surface area contributed by atoms with E-state index in [0.717, 1.165) is 17.1 Å². The zero-order valence-corrected chi connectivity index (χ0v) is 17.9. The van der Waals surface area contributed by atoms with Gasteiger partial charge in [-0.2, -0.15) is 11.8 Å². The summed E-state index contributed by atoms with van der Waals surface area (Å²) in [6.45, 7) is 5.79. The Morgan fingerprint density at radius 2 is 1.83 bits per heavy atom. The van der Waals surface area contributed by atoms with E-state index >= 15 is 0 Å². The van der Waals surface area contributed by atoms with E-state index in [1.807, 2.05) is 31.1 Å². The molecule has 8 nitrogen and oxygen atoms in total. The number of rotatable bonds is 7. The number of thioether (sulfide) groups is 1. The van der Waals surface area contributed by atoms with Gasteiger partial charge in [0, 0.05) is 37.6 Å². The Balaban J connectivity index is 1.63. The van der Waals surface area contributed by atoms with E-state index < -0.39 is 6.04 Å². The van der Waals surface area contributed by atoms with Crippen LogP contribution in [0.2, 0.25) is 0 Å². The third kappa shape index (κ3) is 5.50. The van der Waals surface area contributed by atoms with Crippen LogP contribution in [0.15, 0.2) is 28.9 Å². The van der Waals surface area contributed by atoms with Gasteiger partial charge >= 0.3 is 0 Å². The van der Waals surface area contributed by atoms with Gasteiger partial charge in [0.15, 0.2) is 5.76 Å². The second kappa shape index (κ2) is 9.78. The monoisotopic (exact) mass is 417 g/mol. The molecule has 1 atom stereocenters. The average Bonchev–Trinajstić information content (AvgIpc) is 3.24. The number of nitrogens with one attached hydrogen (secondary N) is 1. The Hall–Kier alpha value is -2.55. The third-order valence-electron chi connectivity index (χ3n) is 4.80. The number of carbonyl (C=O) groups excluding carboxylic acids is 2. The number of aryl methyl sites for hydroxylation is 2. The first kappa shape index (κ1) is 21.2. The fourth-order valence-electron chi connectivity index (χ4n) is 3.35. The Morgan fingerprint density at radius 3 is 2.41 bits per heavy atom. The average molecular weight is 418 g/mol. The van der Waals surface area contributed by atoms with E-state index in [1.54, 1.807) is 28.8 Å². The number of furan rings is 1. The van der Waals surface area contributed by atoms with E-state index in [-0.39, 0.29) is 11.8 Å². The maximum Gasteiger partial charge on any atom is 0.289 e. The second-order valence-corrected chi connectivity index (χ2v) is 8.03. The van der Waals surface area contributed by atoms with Crippen molar-refractivity contribution in [2.24, 2.45) is 0 Å². The number of hydrogen-bond acceptors (Lipinski definition) is 7. The molecule has 0 aliphatic carbocycles. The van der Waals surface area contributed by atoms with Crippen LogP contribution in [-0.2, 0) is 4.79 Å². The lowest BCUT2D eigenvalue weighted by Crippen LogP contribution is -2.54. The van der Waals surface area contributed by atoms with Gasteiger partial charge in [0.05, 0.1) is 6.26 Å². The standard InChI is InChI=1S/C20H27N5O3S/c1-14-13-15(2)22-20(21-14)23-16(6-12-29-3)18(26)24-7-9-25(10-8-24)19(27)17-5-4-11-28-17/h4-5,11,13,16H,6-10,12H2,1-3H3,(H,21,22,23)/t16-/m1/s1. The zero-order valence-electron chi connectivity index (χ0n) is 17.1. The first-order valence-corrected chi connectivity index (χ1v) is 11.1. The van der Waals surface area contributed by atoms with Crippen molar-refractivity contribution >= 4 is 29.5 Å². The summed E-state index contributed by atoms with van der Waals surface area (Å²) in [6.07, 6.45) is 4.19. The number of aromatic nitrogens is 2. The normalized spacial score (nSPS) is 15.3. The van der Waals surface area contributed by atoms with E-state index in [4.69, 9.17) is 4.42 Å². The Labute approximate surface area is 175 Å². The van der Waals surface area contributed by atoms with Crippen molar-refractivity contribution in [1.29, 1.82) is 0 Å². The molecule has 1 fully saturated rings. The highest BCUT2D eigenvalue weighted by Gasteiger charge is 2.30. The third-order valence-corrected chi connectivity index (χ3v) is 5.45. The summed E-state index contributed by atoms with van der Waals surface area (Å²) in [7, 11) is 0. The van der Waals surface area contributed by atoms with E-state index in [1.165, 1.54) is 6.26 Å². The Morgan fingerprint density at radius 1 is 1.17 bits per heavy atom. The van der Waals surface area contributed by atoms with Crippen LogP contribution >= 0.6 is 11.8 Å². The highest BCUT2D eigenvalue weighted by molar-refractivity contribution is 7.98. The first-order chi connectivity index (χ1) is 14.0. The van der Waals surface area contributed by atoms with Crippen molar-refractivity contribution in [1.82, 2.24) is 19.8 Å². The van der Waals surface area contributed by atoms with E-state index in [0.29, 0.717) is 44.3 Å². The van der Waals surface area contributed by atoms with Gasteiger partial charge in [-0.15, -0.1) is 0 Å². The van der Waals surface area contributed by atoms with Crippen LogP contribution in [0.3, 0.4) is 0 Å².